The van der Waals surface area contributed by atoms with Gasteiger partial charge in [0, 0.05) is 0 Å². The monoisotopic (exact) mass is 377 g/mol. The average molecular weight is 378 g/mol. The fraction of sp³-hybridized carbons (Fsp3) is 0.526. The van der Waals surface area contributed by atoms with E-state index in [0.29, 0.717) is 11.1 Å². The molecule has 0 aromatic heterocycles. The molecule has 1 aliphatic rings. The standard InChI is InChI=1S/C19H27NO5Si/c1-12(18(23)24)15(25-26(5,6)19(2,3)4)11-20-16(21)13-9-7-8-10-14(13)17(20)22/h7-10,12,15H,11H2,1-6H3,(H,23,24)/t12-,15-/m0/s1. The summed E-state index contributed by atoms with van der Waals surface area (Å²) < 4.78 is 6.29. The van der Waals surface area contributed by atoms with Crippen LogP contribution in [0.3, 0.4) is 0 Å². The number of aliphatic carboxylic acids is 1. The second-order valence-electron chi connectivity index (χ2n) is 8.31. The van der Waals surface area contributed by atoms with Crippen molar-refractivity contribution in [3.8, 4) is 0 Å². The van der Waals surface area contributed by atoms with Crippen LogP contribution < -0.4 is 0 Å². The summed E-state index contributed by atoms with van der Waals surface area (Å²) in [5.41, 5.74) is 0.707. The minimum atomic E-state index is -2.29. The van der Waals surface area contributed by atoms with E-state index in [-0.39, 0.29) is 11.6 Å². The van der Waals surface area contributed by atoms with Gasteiger partial charge in [0.2, 0.25) is 0 Å². The molecular formula is C19H27NO5Si. The first-order chi connectivity index (χ1) is 11.9. The Hall–Kier alpha value is -1.99. The largest absolute Gasteiger partial charge is 0.481 e. The first-order valence-electron chi connectivity index (χ1n) is 8.72. The SMILES string of the molecule is C[C@H](C(=O)O)[C@H](CN1C(=O)c2ccccc2C1=O)O[Si](C)(C)C(C)(C)C. The molecule has 1 aromatic rings. The van der Waals surface area contributed by atoms with Gasteiger partial charge >= 0.3 is 5.97 Å². The van der Waals surface area contributed by atoms with Gasteiger partial charge < -0.3 is 9.53 Å². The normalized spacial score (nSPS) is 17.2. The van der Waals surface area contributed by atoms with Crippen LogP contribution in [0, 0.1) is 5.92 Å². The molecule has 2 atom stereocenters. The second kappa shape index (κ2) is 6.96. The minimum absolute atomic E-state index is 0.0632. The predicted octanol–water partition coefficient (Wildman–Crippen LogP) is 3.39. The van der Waals surface area contributed by atoms with Gasteiger partial charge in [-0.05, 0) is 37.2 Å². The third-order valence-corrected chi connectivity index (χ3v) is 9.94. The van der Waals surface area contributed by atoms with Gasteiger partial charge in [-0.25, -0.2) is 0 Å². The van der Waals surface area contributed by atoms with Gasteiger partial charge in [-0.1, -0.05) is 32.9 Å². The summed E-state index contributed by atoms with van der Waals surface area (Å²) in [6.45, 7) is 11.7. The number of hydrogen-bond donors (Lipinski definition) is 1. The van der Waals surface area contributed by atoms with Gasteiger partial charge in [0.25, 0.3) is 11.8 Å². The van der Waals surface area contributed by atoms with Crippen molar-refractivity contribution in [2.45, 2.75) is 51.9 Å². The number of rotatable bonds is 6. The molecule has 1 aliphatic heterocycles. The van der Waals surface area contributed by atoms with Crippen molar-refractivity contribution in [3.63, 3.8) is 0 Å². The number of amides is 2. The number of carboxylic acids is 1. The third-order valence-electron chi connectivity index (χ3n) is 5.44. The number of fused-ring (bicyclic) bond motifs is 1. The molecule has 2 amide bonds. The first-order valence-corrected chi connectivity index (χ1v) is 11.6. The number of carboxylic acid groups (broad SMARTS) is 1. The smallest absolute Gasteiger partial charge is 0.308 e. The molecule has 142 valence electrons. The Kier molecular flexibility index (Phi) is 5.44. The molecule has 1 heterocycles. The summed E-state index contributed by atoms with van der Waals surface area (Å²) >= 11 is 0. The lowest BCUT2D eigenvalue weighted by atomic mass is 10.1. The molecule has 0 spiro atoms. The molecule has 0 saturated heterocycles. The van der Waals surface area contributed by atoms with Crippen LogP contribution >= 0.6 is 0 Å². The van der Waals surface area contributed by atoms with Gasteiger partial charge in [0.1, 0.15) is 0 Å². The fourth-order valence-corrected chi connectivity index (χ4v) is 3.99. The molecule has 7 heteroatoms. The van der Waals surface area contributed by atoms with E-state index in [1.807, 2.05) is 13.1 Å². The van der Waals surface area contributed by atoms with Crippen molar-refractivity contribution in [1.82, 2.24) is 4.90 Å². The van der Waals surface area contributed by atoms with E-state index >= 15 is 0 Å². The van der Waals surface area contributed by atoms with E-state index < -0.39 is 38.1 Å². The molecule has 0 fully saturated rings. The van der Waals surface area contributed by atoms with Gasteiger partial charge in [-0.2, -0.15) is 0 Å². The molecule has 0 unspecified atom stereocenters. The van der Waals surface area contributed by atoms with Crippen LogP contribution in [-0.4, -0.2) is 48.8 Å². The van der Waals surface area contributed by atoms with Crippen molar-refractivity contribution in [1.29, 1.82) is 0 Å². The van der Waals surface area contributed by atoms with Crippen LogP contribution in [0.1, 0.15) is 48.4 Å². The Bertz CT molecular complexity index is 703. The van der Waals surface area contributed by atoms with E-state index in [9.17, 15) is 19.5 Å². The maximum Gasteiger partial charge on any atom is 0.308 e. The molecule has 0 bridgehead atoms. The second-order valence-corrected chi connectivity index (χ2v) is 13.1. The number of carbonyl (C=O) groups is 3. The van der Waals surface area contributed by atoms with Gasteiger partial charge in [0.05, 0.1) is 29.7 Å². The summed E-state index contributed by atoms with van der Waals surface area (Å²) in [6.07, 6.45) is -0.754. The summed E-state index contributed by atoms with van der Waals surface area (Å²) in [7, 11) is -2.29. The highest BCUT2D eigenvalue weighted by atomic mass is 28.4. The van der Waals surface area contributed by atoms with E-state index in [4.69, 9.17) is 4.43 Å². The van der Waals surface area contributed by atoms with Crippen LogP contribution in [-0.2, 0) is 9.22 Å². The van der Waals surface area contributed by atoms with E-state index in [1.54, 1.807) is 31.2 Å². The number of hydrogen-bond acceptors (Lipinski definition) is 4. The maximum atomic E-state index is 12.6. The van der Waals surface area contributed by atoms with E-state index in [2.05, 4.69) is 20.8 Å². The zero-order chi connectivity index (χ0) is 19.9. The van der Waals surface area contributed by atoms with Crippen molar-refractivity contribution in [3.05, 3.63) is 35.4 Å². The topological polar surface area (TPSA) is 83.9 Å². The van der Waals surface area contributed by atoms with Gasteiger partial charge in [0.15, 0.2) is 8.32 Å². The highest BCUT2D eigenvalue weighted by molar-refractivity contribution is 6.74. The molecule has 1 N–H and O–H groups in total. The molecule has 0 saturated carbocycles. The quantitative estimate of drug-likeness (QED) is 0.607. The van der Waals surface area contributed by atoms with Crippen molar-refractivity contribution in [2.24, 2.45) is 5.92 Å². The van der Waals surface area contributed by atoms with Crippen molar-refractivity contribution in [2.75, 3.05) is 6.54 Å². The summed E-state index contributed by atoms with van der Waals surface area (Å²) in [5.74, 6) is -2.64. The highest BCUT2D eigenvalue weighted by Gasteiger charge is 2.44. The van der Waals surface area contributed by atoms with Crippen LogP contribution in [0.5, 0.6) is 0 Å². The lowest BCUT2D eigenvalue weighted by Gasteiger charge is -2.41. The molecule has 6 nitrogen and oxygen atoms in total. The summed E-state index contributed by atoms with van der Waals surface area (Å²) in [4.78, 5) is 37.9. The number of benzene rings is 1. The maximum absolute atomic E-state index is 12.6. The minimum Gasteiger partial charge on any atom is -0.481 e. The molecule has 26 heavy (non-hydrogen) atoms. The van der Waals surface area contributed by atoms with Gasteiger partial charge in [-0.3, -0.25) is 19.3 Å². The van der Waals surface area contributed by atoms with Crippen LogP contribution in [0.15, 0.2) is 24.3 Å². The fourth-order valence-electron chi connectivity index (χ4n) is 2.60. The predicted molar refractivity (Wildman–Crippen MR) is 101 cm³/mol. The zero-order valence-electron chi connectivity index (χ0n) is 16.2. The van der Waals surface area contributed by atoms with Crippen molar-refractivity contribution >= 4 is 26.1 Å². The molecule has 1 aromatic carbocycles. The average Bonchev–Trinajstić information content (AvgIpc) is 2.77. The number of carbonyl (C=O) groups excluding carboxylic acids is 2. The van der Waals surface area contributed by atoms with Crippen LogP contribution in [0.2, 0.25) is 18.1 Å². The summed E-state index contributed by atoms with van der Waals surface area (Å²) in [6, 6.07) is 6.63. The zero-order valence-corrected chi connectivity index (χ0v) is 17.2. The highest BCUT2D eigenvalue weighted by Crippen LogP contribution is 2.38. The Morgan fingerprint density at radius 1 is 1.15 bits per heavy atom. The Labute approximate surface area is 155 Å². The van der Waals surface area contributed by atoms with Gasteiger partial charge in [-0.15, -0.1) is 0 Å². The molecule has 0 aliphatic carbocycles. The lowest BCUT2D eigenvalue weighted by Crippen LogP contribution is -2.51. The molecule has 0 radical (unpaired) electrons. The Balaban J connectivity index is 2.30. The number of nitrogens with zero attached hydrogens (tertiary/aromatic N) is 1. The Morgan fingerprint density at radius 3 is 2.00 bits per heavy atom. The van der Waals surface area contributed by atoms with Crippen LogP contribution in [0.25, 0.3) is 0 Å². The lowest BCUT2D eigenvalue weighted by molar-refractivity contribution is -0.144. The van der Waals surface area contributed by atoms with E-state index in [1.165, 1.54) is 0 Å². The number of imide groups is 1. The third kappa shape index (κ3) is 3.73. The van der Waals surface area contributed by atoms with E-state index in [0.717, 1.165) is 4.90 Å². The Morgan fingerprint density at radius 2 is 1.62 bits per heavy atom. The summed E-state index contributed by atoms with van der Waals surface area (Å²) in [5, 5.41) is 9.36. The molecule has 2 rings (SSSR count). The van der Waals surface area contributed by atoms with Crippen molar-refractivity contribution < 1.29 is 23.9 Å². The molecular weight excluding hydrogens is 350 g/mol. The first kappa shape index (κ1) is 20.3. The van der Waals surface area contributed by atoms with Crippen LogP contribution in [0.4, 0.5) is 0 Å².